The largest absolute Gasteiger partial charge is 0.496 e. The molecule has 160 valence electrons. The molecule has 4 rings (SSSR count). The third-order valence-electron chi connectivity index (χ3n) is 5.34. The molecule has 2 aromatic rings. The minimum atomic E-state index is -0.0593. The van der Waals surface area contributed by atoms with Crippen LogP contribution in [0.4, 0.5) is 11.6 Å². The zero-order valence-electron chi connectivity index (χ0n) is 17.4. The minimum absolute atomic E-state index is 0.0593. The number of nitrogens with two attached hydrogens (primary N) is 1. The van der Waals surface area contributed by atoms with E-state index in [-0.39, 0.29) is 24.2 Å². The van der Waals surface area contributed by atoms with Crippen molar-refractivity contribution in [3.05, 3.63) is 34.9 Å². The molecule has 2 aliphatic rings. The topological polar surface area (TPSA) is 103 Å². The standard InChI is InChI=1S/C21H27N5O4/c1-3-30-21-23-19(22)16-11-18(27)26(20(16)24-21)12-14-4-5-15(17(10-14)28-2)13-25-6-8-29-9-7-25/h4-5,10H,3,6-9,11-13H2,1-2H3,(H2,22,23,24). The van der Waals surface area contributed by atoms with Crippen molar-refractivity contribution in [1.29, 1.82) is 0 Å². The van der Waals surface area contributed by atoms with Crippen molar-refractivity contribution < 1.29 is 19.0 Å². The van der Waals surface area contributed by atoms with E-state index in [9.17, 15) is 4.79 Å². The first kappa shape index (κ1) is 20.4. The lowest BCUT2D eigenvalue weighted by Crippen LogP contribution is -2.35. The van der Waals surface area contributed by atoms with Gasteiger partial charge < -0.3 is 19.9 Å². The Morgan fingerprint density at radius 2 is 2.00 bits per heavy atom. The van der Waals surface area contributed by atoms with Gasteiger partial charge in [-0.3, -0.25) is 14.6 Å². The van der Waals surface area contributed by atoms with Crippen molar-refractivity contribution >= 4 is 17.5 Å². The number of methoxy groups -OCH3 is 1. The first-order valence-corrected chi connectivity index (χ1v) is 10.1. The van der Waals surface area contributed by atoms with Crippen molar-refractivity contribution in [2.24, 2.45) is 0 Å². The summed E-state index contributed by atoms with van der Waals surface area (Å²) >= 11 is 0. The number of nitrogens with zero attached hydrogens (tertiary/aromatic N) is 4. The maximum absolute atomic E-state index is 12.7. The highest BCUT2D eigenvalue weighted by molar-refractivity contribution is 6.01. The summed E-state index contributed by atoms with van der Waals surface area (Å²) in [5.74, 6) is 1.56. The summed E-state index contributed by atoms with van der Waals surface area (Å²) < 4.78 is 16.4. The van der Waals surface area contributed by atoms with Crippen molar-refractivity contribution in [3.63, 3.8) is 0 Å². The van der Waals surface area contributed by atoms with Gasteiger partial charge in [0, 0.05) is 30.8 Å². The van der Waals surface area contributed by atoms with Crippen LogP contribution < -0.4 is 20.1 Å². The van der Waals surface area contributed by atoms with Crippen LogP contribution in [0.2, 0.25) is 0 Å². The number of nitrogen functional groups attached to an aromatic ring is 1. The van der Waals surface area contributed by atoms with E-state index in [1.54, 1.807) is 12.0 Å². The third-order valence-corrected chi connectivity index (χ3v) is 5.34. The minimum Gasteiger partial charge on any atom is -0.496 e. The normalized spacial score (nSPS) is 16.6. The molecular formula is C21H27N5O4. The highest BCUT2D eigenvalue weighted by Gasteiger charge is 2.32. The number of aromatic nitrogens is 2. The van der Waals surface area contributed by atoms with Gasteiger partial charge in [0.1, 0.15) is 17.4 Å². The SMILES string of the molecule is CCOc1nc(N)c2c(n1)N(Cc1ccc(CN3CCOCC3)c(OC)c1)C(=O)C2. The molecule has 1 fully saturated rings. The summed E-state index contributed by atoms with van der Waals surface area (Å²) in [6.45, 7) is 6.79. The first-order chi connectivity index (χ1) is 14.6. The van der Waals surface area contributed by atoms with E-state index < -0.39 is 0 Å². The number of anilines is 2. The smallest absolute Gasteiger partial charge is 0.320 e. The van der Waals surface area contributed by atoms with Crippen molar-refractivity contribution in [2.45, 2.75) is 26.4 Å². The number of benzene rings is 1. The first-order valence-electron chi connectivity index (χ1n) is 10.1. The molecule has 0 spiro atoms. The van der Waals surface area contributed by atoms with Crippen LogP contribution in [0.15, 0.2) is 18.2 Å². The summed E-state index contributed by atoms with van der Waals surface area (Å²) in [6.07, 6.45) is 0.194. The zero-order chi connectivity index (χ0) is 21.1. The molecule has 1 saturated heterocycles. The number of ether oxygens (including phenoxy) is 3. The highest BCUT2D eigenvalue weighted by Crippen LogP contribution is 2.34. The second kappa shape index (κ2) is 8.85. The van der Waals surface area contributed by atoms with E-state index in [0.717, 1.165) is 49.7 Å². The Morgan fingerprint density at radius 1 is 1.20 bits per heavy atom. The van der Waals surface area contributed by atoms with E-state index in [1.807, 2.05) is 19.1 Å². The van der Waals surface area contributed by atoms with E-state index in [0.29, 0.717) is 24.5 Å². The zero-order valence-corrected chi connectivity index (χ0v) is 17.4. The van der Waals surface area contributed by atoms with E-state index >= 15 is 0 Å². The van der Waals surface area contributed by atoms with E-state index in [2.05, 4.69) is 20.9 Å². The Kier molecular flexibility index (Phi) is 6.01. The van der Waals surface area contributed by atoms with Crippen molar-refractivity contribution in [3.8, 4) is 11.8 Å². The monoisotopic (exact) mass is 413 g/mol. The average Bonchev–Trinajstić information content (AvgIpc) is 3.06. The molecule has 1 aromatic heterocycles. The van der Waals surface area contributed by atoms with Crippen molar-refractivity contribution in [1.82, 2.24) is 14.9 Å². The Balaban J connectivity index is 1.55. The molecular weight excluding hydrogens is 386 g/mol. The van der Waals surface area contributed by atoms with Gasteiger partial charge in [0.2, 0.25) is 5.91 Å². The number of fused-ring (bicyclic) bond motifs is 1. The number of hydrogen-bond donors (Lipinski definition) is 1. The molecule has 9 heteroatoms. The van der Waals surface area contributed by atoms with Gasteiger partial charge in [-0.25, -0.2) is 0 Å². The van der Waals surface area contributed by atoms with Crippen LogP contribution in [0.3, 0.4) is 0 Å². The van der Waals surface area contributed by atoms with Crippen molar-refractivity contribution in [2.75, 3.05) is 50.7 Å². The Morgan fingerprint density at radius 3 is 2.73 bits per heavy atom. The number of carbonyl (C=O) groups excluding carboxylic acids is 1. The summed E-state index contributed by atoms with van der Waals surface area (Å²) in [4.78, 5) is 25.2. The molecule has 30 heavy (non-hydrogen) atoms. The number of amides is 1. The number of rotatable bonds is 7. The molecule has 0 saturated carbocycles. The van der Waals surface area contributed by atoms with E-state index in [1.165, 1.54) is 0 Å². The number of morpholine rings is 1. The fourth-order valence-corrected chi connectivity index (χ4v) is 3.78. The molecule has 0 unspecified atom stereocenters. The van der Waals surface area contributed by atoms with Gasteiger partial charge in [0.05, 0.1) is 39.9 Å². The third kappa shape index (κ3) is 4.17. The number of hydrogen-bond acceptors (Lipinski definition) is 8. The Hall–Kier alpha value is -2.91. The molecule has 0 aliphatic carbocycles. The summed E-state index contributed by atoms with van der Waals surface area (Å²) in [7, 11) is 1.67. The van der Waals surface area contributed by atoms with Gasteiger partial charge in [-0.2, -0.15) is 9.97 Å². The lowest BCUT2D eigenvalue weighted by Gasteiger charge is -2.27. The fourth-order valence-electron chi connectivity index (χ4n) is 3.78. The molecule has 1 amide bonds. The molecule has 0 atom stereocenters. The fraction of sp³-hybridized carbons (Fsp3) is 0.476. The second-order valence-corrected chi connectivity index (χ2v) is 7.32. The average molecular weight is 413 g/mol. The van der Waals surface area contributed by atoms with Gasteiger partial charge in [-0.15, -0.1) is 0 Å². The highest BCUT2D eigenvalue weighted by atomic mass is 16.5. The van der Waals surface area contributed by atoms with Gasteiger partial charge in [0.25, 0.3) is 0 Å². The van der Waals surface area contributed by atoms with E-state index in [4.69, 9.17) is 19.9 Å². The second-order valence-electron chi connectivity index (χ2n) is 7.32. The predicted molar refractivity (Wildman–Crippen MR) is 112 cm³/mol. The predicted octanol–water partition coefficient (Wildman–Crippen LogP) is 1.39. The van der Waals surface area contributed by atoms with Crippen LogP contribution in [-0.2, 0) is 29.0 Å². The summed E-state index contributed by atoms with van der Waals surface area (Å²) in [6, 6.07) is 6.25. The van der Waals surface area contributed by atoms with Crippen LogP contribution >= 0.6 is 0 Å². The lowest BCUT2D eigenvalue weighted by molar-refractivity contribution is -0.117. The quantitative estimate of drug-likeness (QED) is 0.726. The Labute approximate surface area is 175 Å². The molecule has 9 nitrogen and oxygen atoms in total. The van der Waals surface area contributed by atoms with Gasteiger partial charge >= 0.3 is 6.01 Å². The molecule has 0 bridgehead atoms. The molecule has 1 aromatic carbocycles. The van der Waals surface area contributed by atoms with Gasteiger partial charge in [-0.1, -0.05) is 12.1 Å². The molecule has 0 radical (unpaired) electrons. The van der Waals surface area contributed by atoms with Crippen LogP contribution in [0.1, 0.15) is 23.6 Å². The Bertz CT molecular complexity index is 930. The maximum Gasteiger partial charge on any atom is 0.320 e. The van der Waals surface area contributed by atoms with Crippen LogP contribution in [-0.4, -0.2) is 60.8 Å². The maximum atomic E-state index is 12.7. The number of carbonyl (C=O) groups is 1. The summed E-state index contributed by atoms with van der Waals surface area (Å²) in [5.41, 5.74) is 8.75. The van der Waals surface area contributed by atoms with Gasteiger partial charge in [0.15, 0.2) is 0 Å². The molecule has 2 N–H and O–H groups in total. The van der Waals surface area contributed by atoms with Crippen LogP contribution in [0.25, 0.3) is 0 Å². The molecule has 2 aliphatic heterocycles. The van der Waals surface area contributed by atoms with Crippen LogP contribution in [0, 0.1) is 0 Å². The van der Waals surface area contributed by atoms with Crippen LogP contribution in [0.5, 0.6) is 11.8 Å². The molecule has 3 heterocycles. The van der Waals surface area contributed by atoms with Gasteiger partial charge in [-0.05, 0) is 18.6 Å². The summed E-state index contributed by atoms with van der Waals surface area (Å²) in [5, 5.41) is 0. The lowest BCUT2D eigenvalue weighted by atomic mass is 10.1.